The van der Waals surface area contributed by atoms with E-state index in [0.29, 0.717) is 22.7 Å². The SMILES string of the molecule is O=C(O)C1CCCc2sc(-c3ccc(Cl)c(F)c3)nc21. The van der Waals surface area contributed by atoms with Crippen molar-refractivity contribution in [1.29, 1.82) is 0 Å². The molecule has 0 saturated heterocycles. The van der Waals surface area contributed by atoms with Gasteiger partial charge in [0.2, 0.25) is 0 Å². The van der Waals surface area contributed by atoms with Crippen LogP contribution in [0.4, 0.5) is 4.39 Å². The van der Waals surface area contributed by atoms with E-state index in [1.165, 1.54) is 23.5 Å². The number of carboxylic acids is 1. The van der Waals surface area contributed by atoms with Crippen molar-refractivity contribution in [1.82, 2.24) is 4.98 Å². The van der Waals surface area contributed by atoms with Crippen molar-refractivity contribution in [2.75, 3.05) is 0 Å². The fourth-order valence-electron chi connectivity index (χ4n) is 2.41. The molecule has 1 unspecified atom stereocenters. The maximum atomic E-state index is 13.5. The van der Waals surface area contributed by atoms with Gasteiger partial charge in [-0.25, -0.2) is 9.37 Å². The zero-order valence-electron chi connectivity index (χ0n) is 10.4. The topological polar surface area (TPSA) is 50.2 Å². The van der Waals surface area contributed by atoms with Crippen molar-refractivity contribution < 1.29 is 14.3 Å². The Labute approximate surface area is 124 Å². The third-order valence-electron chi connectivity index (χ3n) is 3.42. The lowest BCUT2D eigenvalue weighted by Crippen LogP contribution is -2.17. The molecule has 1 aliphatic rings. The summed E-state index contributed by atoms with van der Waals surface area (Å²) in [6.07, 6.45) is 2.30. The van der Waals surface area contributed by atoms with E-state index in [2.05, 4.69) is 4.98 Å². The minimum atomic E-state index is -0.843. The standard InChI is InChI=1S/C14H11ClFNO2S/c15-9-5-4-7(6-10(9)16)13-17-12-8(14(18)19)2-1-3-11(12)20-13/h4-6,8H,1-3H2,(H,18,19). The summed E-state index contributed by atoms with van der Waals surface area (Å²) in [5.74, 6) is -1.88. The van der Waals surface area contributed by atoms with Crippen molar-refractivity contribution in [3.8, 4) is 10.6 Å². The number of fused-ring (bicyclic) bond motifs is 1. The van der Waals surface area contributed by atoms with Crippen molar-refractivity contribution >= 4 is 28.9 Å². The molecule has 0 radical (unpaired) electrons. The molecule has 0 saturated carbocycles. The molecule has 1 heterocycles. The minimum absolute atomic E-state index is 0.0680. The number of aromatic nitrogens is 1. The van der Waals surface area contributed by atoms with Crippen LogP contribution < -0.4 is 0 Å². The first-order chi connectivity index (χ1) is 9.56. The summed E-state index contributed by atoms with van der Waals surface area (Å²) in [6.45, 7) is 0. The van der Waals surface area contributed by atoms with Gasteiger partial charge in [0.15, 0.2) is 0 Å². The Kier molecular flexibility index (Phi) is 3.48. The average molecular weight is 312 g/mol. The molecule has 3 nitrogen and oxygen atoms in total. The van der Waals surface area contributed by atoms with Crippen LogP contribution in [0.3, 0.4) is 0 Å². The summed E-state index contributed by atoms with van der Waals surface area (Å²) in [7, 11) is 0. The van der Waals surface area contributed by atoms with E-state index < -0.39 is 17.7 Å². The van der Waals surface area contributed by atoms with Crippen molar-refractivity contribution in [2.45, 2.75) is 25.2 Å². The van der Waals surface area contributed by atoms with Crippen LogP contribution in [-0.2, 0) is 11.2 Å². The maximum Gasteiger partial charge on any atom is 0.312 e. The molecule has 6 heteroatoms. The van der Waals surface area contributed by atoms with Crippen molar-refractivity contribution in [2.24, 2.45) is 0 Å². The second-order valence-electron chi connectivity index (χ2n) is 4.74. The molecular formula is C14H11ClFNO2S. The van der Waals surface area contributed by atoms with Gasteiger partial charge in [-0.3, -0.25) is 4.79 Å². The lowest BCUT2D eigenvalue weighted by atomic mass is 9.91. The largest absolute Gasteiger partial charge is 0.481 e. The zero-order chi connectivity index (χ0) is 14.3. The molecule has 1 aromatic heterocycles. The average Bonchev–Trinajstić information content (AvgIpc) is 2.85. The summed E-state index contributed by atoms with van der Waals surface area (Å²) in [5.41, 5.74) is 1.27. The highest BCUT2D eigenvalue weighted by molar-refractivity contribution is 7.15. The Hall–Kier alpha value is -1.46. The van der Waals surface area contributed by atoms with E-state index in [1.54, 1.807) is 6.07 Å². The summed E-state index contributed by atoms with van der Waals surface area (Å²) in [6, 6.07) is 4.52. The number of aliphatic carboxylic acids is 1. The van der Waals surface area contributed by atoms with Gasteiger partial charge >= 0.3 is 5.97 Å². The van der Waals surface area contributed by atoms with Crippen LogP contribution in [0.2, 0.25) is 5.02 Å². The normalized spacial score (nSPS) is 17.8. The van der Waals surface area contributed by atoms with Crippen LogP contribution in [0.15, 0.2) is 18.2 Å². The number of aryl methyl sites for hydroxylation is 1. The molecule has 3 rings (SSSR count). The number of halogens is 2. The highest BCUT2D eigenvalue weighted by Gasteiger charge is 2.30. The maximum absolute atomic E-state index is 13.5. The van der Waals surface area contributed by atoms with Crippen LogP contribution in [-0.4, -0.2) is 16.1 Å². The lowest BCUT2D eigenvalue weighted by molar-refractivity contribution is -0.139. The number of nitrogens with zero attached hydrogens (tertiary/aromatic N) is 1. The number of hydrogen-bond acceptors (Lipinski definition) is 3. The molecule has 0 fully saturated rings. The van der Waals surface area contributed by atoms with Gasteiger partial charge in [-0.2, -0.15) is 0 Å². The van der Waals surface area contributed by atoms with Crippen LogP contribution in [0.1, 0.15) is 29.3 Å². The number of hydrogen-bond donors (Lipinski definition) is 1. The second-order valence-corrected chi connectivity index (χ2v) is 6.23. The Morgan fingerprint density at radius 1 is 1.50 bits per heavy atom. The molecule has 1 atom stereocenters. The molecule has 0 amide bonds. The molecule has 1 aromatic carbocycles. The number of carbonyl (C=O) groups is 1. The third kappa shape index (κ3) is 2.31. The first kappa shape index (κ1) is 13.5. The number of rotatable bonds is 2. The predicted octanol–water partition coefficient (Wildman–Crippen LogP) is 4.11. The smallest absolute Gasteiger partial charge is 0.312 e. The van der Waals surface area contributed by atoms with Crippen LogP contribution in [0.25, 0.3) is 10.6 Å². The van der Waals surface area contributed by atoms with E-state index in [0.717, 1.165) is 17.7 Å². The minimum Gasteiger partial charge on any atom is -0.481 e. The number of benzene rings is 1. The van der Waals surface area contributed by atoms with E-state index in [4.69, 9.17) is 11.6 Å². The molecule has 0 bridgehead atoms. The molecule has 20 heavy (non-hydrogen) atoms. The Morgan fingerprint density at radius 3 is 3.00 bits per heavy atom. The summed E-state index contributed by atoms with van der Waals surface area (Å²) >= 11 is 7.10. The Morgan fingerprint density at radius 2 is 2.30 bits per heavy atom. The predicted molar refractivity (Wildman–Crippen MR) is 75.8 cm³/mol. The Bertz CT molecular complexity index is 686. The van der Waals surface area contributed by atoms with Gasteiger partial charge in [0, 0.05) is 10.4 Å². The van der Waals surface area contributed by atoms with Gasteiger partial charge < -0.3 is 5.11 Å². The molecule has 1 aliphatic carbocycles. The van der Waals surface area contributed by atoms with Crippen molar-refractivity contribution in [3.05, 3.63) is 39.6 Å². The highest BCUT2D eigenvalue weighted by Crippen LogP contribution is 2.38. The summed E-state index contributed by atoms with van der Waals surface area (Å²) in [4.78, 5) is 16.7. The molecule has 1 N–H and O–H groups in total. The van der Waals surface area contributed by atoms with Crippen LogP contribution in [0.5, 0.6) is 0 Å². The van der Waals surface area contributed by atoms with Crippen LogP contribution in [0, 0.1) is 5.82 Å². The van der Waals surface area contributed by atoms with Gasteiger partial charge in [0.05, 0.1) is 16.6 Å². The van der Waals surface area contributed by atoms with Gasteiger partial charge in [-0.15, -0.1) is 11.3 Å². The van der Waals surface area contributed by atoms with E-state index in [1.807, 2.05) is 0 Å². The van der Waals surface area contributed by atoms with Gasteiger partial charge in [-0.05, 0) is 31.4 Å². The molecular weight excluding hydrogens is 301 g/mol. The van der Waals surface area contributed by atoms with Crippen molar-refractivity contribution in [3.63, 3.8) is 0 Å². The van der Waals surface area contributed by atoms with E-state index >= 15 is 0 Å². The molecule has 104 valence electrons. The summed E-state index contributed by atoms with van der Waals surface area (Å²) in [5, 5.41) is 9.95. The second kappa shape index (κ2) is 5.14. The highest BCUT2D eigenvalue weighted by atomic mass is 35.5. The monoisotopic (exact) mass is 311 g/mol. The molecule has 0 aliphatic heterocycles. The number of carboxylic acid groups (broad SMARTS) is 1. The first-order valence-corrected chi connectivity index (χ1v) is 7.43. The molecule has 0 spiro atoms. The fourth-order valence-corrected chi connectivity index (χ4v) is 3.69. The summed E-state index contributed by atoms with van der Waals surface area (Å²) < 4.78 is 13.5. The zero-order valence-corrected chi connectivity index (χ0v) is 12.0. The lowest BCUT2D eigenvalue weighted by Gasteiger charge is -2.16. The van der Waals surface area contributed by atoms with Crippen LogP contribution >= 0.6 is 22.9 Å². The van der Waals surface area contributed by atoms with E-state index in [-0.39, 0.29) is 5.02 Å². The van der Waals surface area contributed by atoms with Gasteiger partial charge in [0.25, 0.3) is 0 Å². The quantitative estimate of drug-likeness (QED) is 0.908. The molecule has 2 aromatic rings. The van der Waals surface area contributed by atoms with Gasteiger partial charge in [-0.1, -0.05) is 17.7 Å². The third-order valence-corrected chi connectivity index (χ3v) is 4.91. The Balaban J connectivity index is 2.04. The fraction of sp³-hybridized carbons (Fsp3) is 0.286. The van der Waals surface area contributed by atoms with Gasteiger partial charge in [0.1, 0.15) is 10.8 Å². The first-order valence-electron chi connectivity index (χ1n) is 6.24. The number of thiazole rings is 1. The van der Waals surface area contributed by atoms with E-state index in [9.17, 15) is 14.3 Å².